The molecular weight excluding hydrogens is 280 g/mol. The van der Waals surface area contributed by atoms with Crippen LogP contribution in [0.2, 0.25) is 0 Å². The fourth-order valence-corrected chi connectivity index (χ4v) is 2.32. The van der Waals surface area contributed by atoms with Crippen LogP contribution in [0.5, 0.6) is 0 Å². The third-order valence-electron chi connectivity index (χ3n) is 3.38. The topological polar surface area (TPSA) is 69.6 Å². The lowest BCUT2D eigenvalue weighted by Crippen LogP contribution is -2.30. The first-order valence-electron chi connectivity index (χ1n) is 6.82. The molecule has 0 spiro atoms. The maximum atomic E-state index is 12.4. The summed E-state index contributed by atoms with van der Waals surface area (Å²) in [4.78, 5) is 26.0. The summed E-state index contributed by atoms with van der Waals surface area (Å²) in [6.07, 6.45) is 0. The number of hydrogen-bond acceptors (Lipinski definition) is 3. The second-order valence-corrected chi connectivity index (χ2v) is 4.87. The zero-order valence-electron chi connectivity index (χ0n) is 11.7. The van der Waals surface area contributed by atoms with Crippen LogP contribution in [-0.2, 0) is 9.59 Å². The van der Waals surface area contributed by atoms with Gasteiger partial charge in [-0.3, -0.25) is 9.59 Å². The first-order valence-corrected chi connectivity index (χ1v) is 6.82. The molecular formula is C17H14N2O3. The standard InChI is InChI=1S/C17H14N2O3/c20-14-11-19(13-9-5-2-6-10-13)17(22)15(14)16(21)18-12-7-3-1-4-8-12/h1-10,20H,11H2,(H,18,21). The molecule has 0 unspecified atom stereocenters. The Morgan fingerprint density at radius 2 is 1.59 bits per heavy atom. The Morgan fingerprint density at radius 1 is 1.00 bits per heavy atom. The summed E-state index contributed by atoms with van der Waals surface area (Å²) in [5.74, 6) is -1.33. The van der Waals surface area contributed by atoms with Crippen molar-refractivity contribution < 1.29 is 14.7 Å². The summed E-state index contributed by atoms with van der Waals surface area (Å²) in [6.45, 7) is 0.000387. The van der Waals surface area contributed by atoms with E-state index < -0.39 is 11.8 Å². The van der Waals surface area contributed by atoms with Gasteiger partial charge in [0.2, 0.25) is 0 Å². The quantitative estimate of drug-likeness (QED) is 0.854. The first kappa shape index (κ1) is 13.9. The van der Waals surface area contributed by atoms with E-state index in [2.05, 4.69) is 5.32 Å². The lowest BCUT2D eigenvalue weighted by molar-refractivity contribution is -0.119. The minimum Gasteiger partial charge on any atom is -0.509 e. The van der Waals surface area contributed by atoms with Gasteiger partial charge in [0.15, 0.2) is 0 Å². The van der Waals surface area contributed by atoms with Gasteiger partial charge in [-0.05, 0) is 24.3 Å². The predicted molar refractivity (Wildman–Crippen MR) is 83.5 cm³/mol. The van der Waals surface area contributed by atoms with Gasteiger partial charge in [0.25, 0.3) is 11.8 Å². The molecule has 0 bridgehead atoms. The van der Waals surface area contributed by atoms with Crippen LogP contribution in [0.1, 0.15) is 0 Å². The highest BCUT2D eigenvalue weighted by Crippen LogP contribution is 2.25. The summed E-state index contributed by atoms with van der Waals surface area (Å²) < 4.78 is 0. The number of aliphatic hydroxyl groups is 1. The molecule has 0 aliphatic carbocycles. The number of carbonyl (C=O) groups is 2. The third-order valence-corrected chi connectivity index (χ3v) is 3.38. The van der Waals surface area contributed by atoms with Gasteiger partial charge < -0.3 is 15.3 Å². The van der Waals surface area contributed by atoms with Gasteiger partial charge in [-0.2, -0.15) is 0 Å². The molecule has 2 N–H and O–H groups in total. The molecule has 1 heterocycles. The van der Waals surface area contributed by atoms with Gasteiger partial charge in [-0.25, -0.2) is 0 Å². The molecule has 2 aromatic rings. The van der Waals surface area contributed by atoms with E-state index in [1.807, 2.05) is 12.1 Å². The largest absolute Gasteiger partial charge is 0.509 e. The van der Waals surface area contributed by atoms with Gasteiger partial charge in [-0.15, -0.1) is 0 Å². The molecule has 1 aliphatic heterocycles. The Bertz CT molecular complexity index is 739. The predicted octanol–water partition coefficient (Wildman–Crippen LogP) is 2.48. The molecule has 0 aromatic heterocycles. The summed E-state index contributed by atoms with van der Waals surface area (Å²) >= 11 is 0. The molecule has 110 valence electrons. The van der Waals surface area contributed by atoms with Crippen molar-refractivity contribution in [3.63, 3.8) is 0 Å². The van der Waals surface area contributed by atoms with E-state index in [1.165, 1.54) is 4.90 Å². The highest BCUT2D eigenvalue weighted by atomic mass is 16.3. The molecule has 5 nitrogen and oxygen atoms in total. The fourth-order valence-electron chi connectivity index (χ4n) is 2.32. The SMILES string of the molecule is O=C(Nc1ccccc1)C1=C(O)CN(c2ccccc2)C1=O. The van der Waals surface area contributed by atoms with E-state index in [-0.39, 0.29) is 17.9 Å². The number of carbonyl (C=O) groups excluding carboxylic acids is 2. The van der Waals surface area contributed by atoms with Crippen LogP contribution in [0.4, 0.5) is 11.4 Å². The van der Waals surface area contributed by atoms with Crippen molar-refractivity contribution in [2.75, 3.05) is 16.8 Å². The van der Waals surface area contributed by atoms with Crippen LogP contribution in [0.3, 0.4) is 0 Å². The number of amides is 2. The Kier molecular flexibility index (Phi) is 3.62. The van der Waals surface area contributed by atoms with E-state index >= 15 is 0 Å². The van der Waals surface area contributed by atoms with Crippen molar-refractivity contribution in [2.24, 2.45) is 0 Å². The summed E-state index contributed by atoms with van der Waals surface area (Å²) in [5, 5.41) is 12.6. The minimum absolute atomic E-state index is 0.000387. The molecule has 2 amide bonds. The molecule has 5 heteroatoms. The molecule has 0 radical (unpaired) electrons. The Morgan fingerprint density at radius 3 is 2.23 bits per heavy atom. The number of nitrogens with zero attached hydrogens (tertiary/aromatic N) is 1. The van der Waals surface area contributed by atoms with Crippen molar-refractivity contribution >= 4 is 23.2 Å². The van der Waals surface area contributed by atoms with Crippen LogP contribution in [0, 0.1) is 0 Å². The number of benzene rings is 2. The van der Waals surface area contributed by atoms with Crippen LogP contribution < -0.4 is 10.2 Å². The molecule has 22 heavy (non-hydrogen) atoms. The van der Waals surface area contributed by atoms with Crippen molar-refractivity contribution in [3.8, 4) is 0 Å². The van der Waals surface area contributed by atoms with Gasteiger partial charge in [0.1, 0.15) is 11.3 Å². The van der Waals surface area contributed by atoms with Crippen LogP contribution in [0.15, 0.2) is 72.0 Å². The van der Waals surface area contributed by atoms with Gasteiger partial charge in [0.05, 0.1) is 6.54 Å². The van der Waals surface area contributed by atoms with Crippen LogP contribution >= 0.6 is 0 Å². The van der Waals surface area contributed by atoms with Crippen molar-refractivity contribution in [1.29, 1.82) is 0 Å². The summed E-state index contributed by atoms with van der Waals surface area (Å²) in [7, 11) is 0. The lowest BCUT2D eigenvalue weighted by atomic mass is 10.2. The Balaban J connectivity index is 1.81. The van der Waals surface area contributed by atoms with Gasteiger partial charge >= 0.3 is 0 Å². The van der Waals surface area contributed by atoms with E-state index in [9.17, 15) is 14.7 Å². The molecule has 2 aromatic carbocycles. The average Bonchev–Trinajstić information content (AvgIpc) is 2.84. The normalized spacial score (nSPS) is 14.4. The number of rotatable bonds is 3. The molecule has 0 atom stereocenters. The monoisotopic (exact) mass is 294 g/mol. The number of aliphatic hydroxyl groups excluding tert-OH is 1. The Labute approximate surface area is 127 Å². The Hall–Kier alpha value is -3.08. The highest BCUT2D eigenvalue weighted by molar-refractivity contribution is 6.29. The fraction of sp³-hybridized carbons (Fsp3) is 0.0588. The zero-order chi connectivity index (χ0) is 15.5. The first-order chi connectivity index (χ1) is 10.7. The number of anilines is 2. The number of hydrogen-bond donors (Lipinski definition) is 2. The summed E-state index contributed by atoms with van der Waals surface area (Å²) in [6, 6.07) is 17.7. The molecule has 1 aliphatic rings. The van der Waals surface area contributed by atoms with Crippen LogP contribution in [-0.4, -0.2) is 23.5 Å². The maximum Gasteiger partial charge on any atom is 0.267 e. The van der Waals surface area contributed by atoms with E-state index in [1.54, 1.807) is 48.5 Å². The van der Waals surface area contributed by atoms with Crippen molar-refractivity contribution in [1.82, 2.24) is 0 Å². The molecule has 3 rings (SSSR count). The summed E-state index contributed by atoms with van der Waals surface area (Å²) in [5.41, 5.74) is 0.994. The third kappa shape index (κ3) is 2.56. The highest BCUT2D eigenvalue weighted by Gasteiger charge is 2.35. The molecule has 0 saturated carbocycles. The van der Waals surface area contributed by atoms with E-state index in [0.717, 1.165) is 0 Å². The van der Waals surface area contributed by atoms with Gasteiger partial charge in [-0.1, -0.05) is 36.4 Å². The smallest absolute Gasteiger partial charge is 0.267 e. The second kappa shape index (κ2) is 5.73. The van der Waals surface area contributed by atoms with Crippen molar-refractivity contribution in [2.45, 2.75) is 0 Å². The maximum absolute atomic E-state index is 12.4. The lowest BCUT2D eigenvalue weighted by Gasteiger charge is -2.15. The van der Waals surface area contributed by atoms with E-state index in [4.69, 9.17) is 0 Å². The zero-order valence-corrected chi connectivity index (χ0v) is 11.7. The number of nitrogens with one attached hydrogen (secondary N) is 1. The second-order valence-electron chi connectivity index (χ2n) is 4.87. The van der Waals surface area contributed by atoms with Crippen LogP contribution in [0.25, 0.3) is 0 Å². The molecule has 0 fully saturated rings. The minimum atomic E-state index is -0.605. The van der Waals surface area contributed by atoms with Gasteiger partial charge in [0, 0.05) is 11.4 Å². The van der Waals surface area contributed by atoms with E-state index in [0.29, 0.717) is 11.4 Å². The molecule has 0 saturated heterocycles. The number of para-hydroxylation sites is 2. The average molecular weight is 294 g/mol. The van der Waals surface area contributed by atoms with Crippen molar-refractivity contribution in [3.05, 3.63) is 72.0 Å².